The van der Waals surface area contributed by atoms with Gasteiger partial charge in [-0.1, -0.05) is 30.3 Å². The van der Waals surface area contributed by atoms with Gasteiger partial charge in [-0.3, -0.25) is 0 Å². The Balaban J connectivity index is 2.21. The van der Waals surface area contributed by atoms with Crippen LogP contribution in [0.3, 0.4) is 0 Å². The summed E-state index contributed by atoms with van der Waals surface area (Å²) >= 11 is 0. The third-order valence-electron chi connectivity index (χ3n) is 3.42. The Morgan fingerprint density at radius 1 is 1.14 bits per heavy atom. The Hall–Kier alpha value is -1.55. The van der Waals surface area contributed by atoms with Gasteiger partial charge in [0, 0.05) is 17.4 Å². The number of benzene rings is 1. The molecule has 1 aromatic carbocycles. The van der Waals surface area contributed by atoms with Gasteiger partial charge in [0.1, 0.15) is 0 Å². The predicted octanol–water partition coefficient (Wildman–Crippen LogP) is 3.11. The molecule has 2 atom stereocenters. The van der Waals surface area contributed by atoms with Crippen molar-refractivity contribution >= 4 is 0 Å². The maximum absolute atomic E-state index is 9.02. The first-order valence-electron chi connectivity index (χ1n) is 5.11. The maximum atomic E-state index is 9.02. The van der Waals surface area contributed by atoms with Crippen molar-refractivity contribution in [1.29, 1.82) is 5.26 Å². The van der Waals surface area contributed by atoms with Crippen LogP contribution in [-0.4, -0.2) is 0 Å². The fourth-order valence-electron chi connectivity index (χ4n) is 2.77. The Labute approximate surface area is 83.7 Å². The molecule has 0 saturated heterocycles. The summed E-state index contributed by atoms with van der Waals surface area (Å²) in [6, 6.07) is 10.9. The summed E-state index contributed by atoms with van der Waals surface area (Å²) in [5.74, 6) is 0.895. The van der Waals surface area contributed by atoms with Crippen LogP contribution < -0.4 is 0 Å². The Bertz CT molecular complexity index is 451. The summed E-state index contributed by atoms with van der Waals surface area (Å²) in [6.07, 6.45) is 4.53. The van der Waals surface area contributed by atoms with Crippen LogP contribution in [0.1, 0.15) is 35.8 Å². The van der Waals surface area contributed by atoms with E-state index in [1.165, 1.54) is 17.5 Å². The van der Waals surface area contributed by atoms with Crippen LogP contribution >= 0.6 is 0 Å². The van der Waals surface area contributed by atoms with E-state index >= 15 is 0 Å². The summed E-state index contributed by atoms with van der Waals surface area (Å²) in [7, 11) is 0. The molecule has 0 radical (unpaired) electrons. The molecule has 0 heterocycles. The van der Waals surface area contributed by atoms with E-state index in [2.05, 4.69) is 36.4 Å². The van der Waals surface area contributed by atoms with Crippen molar-refractivity contribution in [1.82, 2.24) is 0 Å². The van der Waals surface area contributed by atoms with E-state index in [9.17, 15) is 0 Å². The molecule has 0 N–H and O–H groups in total. The molecule has 0 saturated carbocycles. The van der Waals surface area contributed by atoms with Crippen LogP contribution in [0.5, 0.6) is 0 Å². The van der Waals surface area contributed by atoms with Crippen molar-refractivity contribution in [3.63, 3.8) is 0 Å². The number of rotatable bonds is 0. The van der Waals surface area contributed by atoms with E-state index in [0.29, 0.717) is 11.8 Å². The molecule has 3 aliphatic rings. The van der Waals surface area contributed by atoms with Gasteiger partial charge in [-0.15, -0.1) is 0 Å². The van der Waals surface area contributed by atoms with Gasteiger partial charge in [-0.05, 0) is 24.0 Å². The fourth-order valence-corrected chi connectivity index (χ4v) is 2.77. The third-order valence-corrected chi connectivity index (χ3v) is 3.42. The second-order valence-electron chi connectivity index (χ2n) is 4.10. The number of fused-ring (bicyclic) bond motifs is 1. The van der Waals surface area contributed by atoms with E-state index < -0.39 is 0 Å². The molecule has 14 heavy (non-hydrogen) atoms. The summed E-state index contributed by atoms with van der Waals surface area (Å²) in [5.41, 5.74) is 3.82. The monoisotopic (exact) mass is 181 g/mol. The average Bonchev–Trinajstić information content (AvgIpc) is 2.30. The van der Waals surface area contributed by atoms with Crippen LogP contribution in [0.2, 0.25) is 0 Å². The highest BCUT2D eigenvalue weighted by Gasteiger charge is 2.33. The molecule has 0 aliphatic heterocycles. The van der Waals surface area contributed by atoms with Crippen LogP contribution in [0.25, 0.3) is 0 Å². The number of nitriles is 1. The first kappa shape index (κ1) is 7.82. The lowest BCUT2D eigenvalue weighted by molar-refractivity contribution is 0.539. The highest BCUT2D eigenvalue weighted by Crippen LogP contribution is 2.48. The third kappa shape index (κ3) is 0.886. The SMILES string of the molecule is N#CC1=CC2CCC1c1ccccc12. The molecule has 1 nitrogen and oxygen atoms in total. The lowest BCUT2D eigenvalue weighted by Gasteiger charge is -2.35. The van der Waals surface area contributed by atoms with Crippen molar-refractivity contribution in [2.75, 3.05) is 0 Å². The molecule has 3 aliphatic carbocycles. The topological polar surface area (TPSA) is 23.8 Å². The average molecular weight is 181 g/mol. The zero-order valence-electron chi connectivity index (χ0n) is 7.90. The number of nitrogens with zero attached hydrogens (tertiary/aromatic N) is 1. The van der Waals surface area contributed by atoms with E-state index in [-0.39, 0.29) is 0 Å². The quantitative estimate of drug-likeness (QED) is 0.603. The van der Waals surface area contributed by atoms with E-state index in [4.69, 9.17) is 5.26 Å². The first-order chi connectivity index (χ1) is 6.90. The normalized spacial score (nSPS) is 27.8. The molecule has 0 spiro atoms. The number of hydrogen-bond acceptors (Lipinski definition) is 1. The highest BCUT2D eigenvalue weighted by atomic mass is 14.4. The Kier molecular flexibility index (Phi) is 1.52. The molecule has 68 valence electrons. The predicted molar refractivity (Wildman–Crippen MR) is 54.9 cm³/mol. The minimum absolute atomic E-state index is 0.390. The molecule has 2 unspecified atom stereocenters. The van der Waals surface area contributed by atoms with Gasteiger partial charge in [0.05, 0.1) is 6.07 Å². The van der Waals surface area contributed by atoms with Gasteiger partial charge >= 0.3 is 0 Å². The van der Waals surface area contributed by atoms with Crippen molar-refractivity contribution in [2.45, 2.75) is 24.7 Å². The zero-order chi connectivity index (χ0) is 9.54. The molecule has 2 bridgehead atoms. The summed E-state index contributed by atoms with van der Waals surface area (Å²) in [5, 5.41) is 9.02. The van der Waals surface area contributed by atoms with Crippen molar-refractivity contribution in [3.8, 4) is 6.07 Å². The molecule has 1 heteroatoms. The molecular formula is C13H11N. The van der Waals surface area contributed by atoms with Crippen LogP contribution in [-0.2, 0) is 0 Å². The van der Waals surface area contributed by atoms with Crippen molar-refractivity contribution in [2.24, 2.45) is 0 Å². The summed E-state index contributed by atoms with van der Waals surface area (Å²) in [4.78, 5) is 0. The summed E-state index contributed by atoms with van der Waals surface area (Å²) < 4.78 is 0. The second kappa shape index (κ2) is 2.72. The standard InChI is InChI=1S/C13H11N/c14-8-10-7-9-5-6-12(10)13-4-2-1-3-11(9)13/h1-4,7,9,12H,5-6H2. The van der Waals surface area contributed by atoms with E-state index in [1.807, 2.05) is 0 Å². The largest absolute Gasteiger partial charge is 0.193 e. The van der Waals surface area contributed by atoms with Gasteiger partial charge < -0.3 is 0 Å². The molecule has 0 amide bonds. The second-order valence-corrected chi connectivity index (χ2v) is 4.10. The van der Waals surface area contributed by atoms with Gasteiger partial charge in [0.25, 0.3) is 0 Å². The van der Waals surface area contributed by atoms with Crippen molar-refractivity contribution < 1.29 is 0 Å². The minimum atomic E-state index is 0.390. The highest BCUT2D eigenvalue weighted by molar-refractivity contribution is 5.51. The van der Waals surface area contributed by atoms with Gasteiger partial charge in [-0.2, -0.15) is 5.26 Å². The van der Waals surface area contributed by atoms with Gasteiger partial charge in [0.15, 0.2) is 0 Å². The van der Waals surface area contributed by atoms with Gasteiger partial charge in [-0.25, -0.2) is 0 Å². The summed E-state index contributed by atoms with van der Waals surface area (Å²) in [6.45, 7) is 0. The molecule has 0 aromatic heterocycles. The first-order valence-corrected chi connectivity index (χ1v) is 5.11. The minimum Gasteiger partial charge on any atom is -0.193 e. The fraction of sp³-hybridized carbons (Fsp3) is 0.308. The Morgan fingerprint density at radius 3 is 2.71 bits per heavy atom. The van der Waals surface area contributed by atoms with Gasteiger partial charge in [0.2, 0.25) is 0 Å². The molecule has 4 rings (SSSR count). The molecule has 1 aromatic rings. The van der Waals surface area contributed by atoms with E-state index in [0.717, 1.165) is 12.0 Å². The van der Waals surface area contributed by atoms with E-state index in [1.54, 1.807) is 0 Å². The van der Waals surface area contributed by atoms with Crippen LogP contribution in [0.15, 0.2) is 35.9 Å². The number of allylic oxidation sites excluding steroid dienone is 2. The molecular weight excluding hydrogens is 170 g/mol. The maximum Gasteiger partial charge on any atom is 0.0950 e. The van der Waals surface area contributed by atoms with Crippen LogP contribution in [0.4, 0.5) is 0 Å². The number of hydrogen-bond donors (Lipinski definition) is 0. The smallest absolute Gasteiger partial charge is 0.0950 e. The lowest BCUT2D eigenvalue weighted by atomic mass is 9.68. The van der Waals surface area contributed by atoms with Crippen molar-refractivity contribution in [3.05, 3.63) is 47.0 Å². The Morgan fingerprint density at radius 2 is 1.93 bits per heavy atom. The lowest BCUT2D eigenvalue weighted by Crippen LogP contribution is -2.20. The molecule has 0 fully saturated rings. The zero-order valence-corrected chi connectivity index (χ0v) is 7.90. The van der Waals surface area contributed by atoms with Crippen LogP contribution in [0, 0.1) is 11.3 Å².